The molecule has 0 aliphatic carbocycles. The smallest absolute Gasteiger partial charge is 0.0637 e. The quantitative estimate of drug-likeness (QED) is 0.731. The van der Waals surface area contributed by atoms with Gasteiger partial charge in [-0.25, -0.2) is 0 Å². The molecule has 0 bridgehead atoms. The summed E-state index contributed by atoms with van der Waals surface area (Å²) < 4.78 is 5.19. The molecule has 4 heteroatoms. The number of methoxy groups -OCH3 is 1. The SMILES string of the molecule is CCC(CC)N(CCOC)c1ccc(N)c(N)c1. The zero-order chi connectivity index (χ0) is 13.5. The normalized spacial score (nSPS) is 10.9. The third kappa shape index (κ3) is 3.53. The van der Waals surface area contributed by atoms with Gasteiger partial charge in [0.05, 0.1) is 18.0 Å². The van der Waals surface area contributed by atoms with E-state index in [2.05, 4.69) is 18.7 Å². The lowest BCUT2D eigenvalue weighted by Gasteiger charge is -2.32. The van der Waals surface area contributed by atoms with E-state index in [1.165, 1.54) is 0 Å². The number of rotatable bonds is 7. The third-order valence-electron chi connectivity index (χ3n) is 3.32. The summed E-state index contributed by atoms with van der Waals surface area (Å²) in [6.45, 7) is 5.98. The van der Waals surface area contributed by atoms with Gasteiger partial charge in [0.2, 0.25) is 0 Å². The third-order valence-corrected chi connectivity index (χ3v) is 3.32. The zero-order valence-corrected chi connectivity index (χ0v) is 11.6. The standard InChI is InChI=1S/C14H25N3O/c1-4-11(5-2)17(8-9-18-3)12-6-7-13(15)14(16)10-12/h6-7,10-11H,4-5,8-9,15-16H2,1-3H3. The number of hydrogen-bond donors (Lipinski definition) is 2. The maximum absolute atomic E-state index is 5.89. The lowest BCUT2D eigenvalue weighted by molar-refractivity contribution is 0.202. The molecule has 4 N–H and O–H groups in total. The summed E-state index contributed by atoms with van der Waals surface area (Å²) in [5.41, 5.74) is 14.0. The minimum Gasteiger partial charge on any atom is -0.397 e. The summed E-state index contributed by atoms with van der Waals surface area (Å²) >= 11 is 0. The van der Waals surface area contributed by atoms with Gasteiger partial charge in [-0.05, 0) is 31.0 Å². The van der Waals surface area contributed by atoms with Crippen LogP contribution >= 0.6 is 0 Å². The van der Waals surface area contributed by atoms with Crippen LogP contribution in [0, 0.1) is 0 Å². The molecular formula is C14H25N3O. The summed E-state index contributed by atoms with van der Waals surface area (Å²) in [5, 5.41) is 0. The Morgan fingerprint density at radius 1 is 1.17 bits per heavy atom. The van der Waals surface area contributed by atoms with Crippen molar-refractivity contribution in [2.75, 3.05) is 36.6 Å². The second kappa shape index (κ2) is 7.11. The van der Waals surface area contributed by atoms with Crippen molar-refractivity contribution in [3.63, 3.8) is 0 Å². The van der Waals surface area contributed by atoms with Crippen LogP contribution in [0.4, 0.5) is 17.1 Å². The van der Waals surface area contributed by atoms with Gasteiger partial charge in [-0.3, -0.25) is 0 Å². The Kier molecular flexibility index (Phi) is 5.78. The van der Waals surface area contributed by atoms with Gasteiger partial charge in [0, 0.05) is 25.4 Å². The molecule has 0 fully saturated rings. The van der Waals surface area contributed by atoms with E-state index in [-0.39, 0.29) is 0 Å². The van der Waals surface area contributed by atoms with Crippen molar-refractivity contribution in [3.8, 4) is 0 Å². The van der Waals surface area contributed by atoms with Crippen LogP contribution in [0.5, 0.6) is 0 Å². The van der Waals surface area contributed by atoms with Crippen molar-refractivity contribution in [1.29, 1.82) is 0 Å². The molecule has 1 aromatic rings. The molecule has 0 atom stereocenters. The van der Waals surface area contributed by atoms with Gasteiger partial charge in [0.1, 0.15) is 0 Å². The van der Waals surface area contributed by atoms with E-state index in [1.807, 2.05) is 18.2 Å². The Labute approximate surface area is 110 Å². The predicted octanol–water partition coefficient (Wildman–Crippen LogP) is 2.49. The molecule has 0 unspecified atom stereocenters. The average Bonchev–Trinajstić information content (AvgIpc) is 2.38. The van der Waals surface area contributed by atoms with Crippen LogP contribution in [0.1, 0.15) is 26.7 Å². The van der Waals surface area contributed by atoms with Gasteiger partial charge in [-0.2, -0.15) is 0 Å². The number of nitrogens with two attached hydrogens (primary N) is 2. The van der Waals surface area contributed by atoms with Gasteiger partial charge in [-0.1, -0.05) is 13.8 Å². The molecule has 1 aromatic carbocycles. The molecule has 0 saturated heterocycles. The van der Waals surface area contributed by atoms with Crippen molar-refractivity contribution >= 4 is 17.1 Å². The highest BCUT2D eigenvalue weighted by Gasteiger charge is 2.16. The summed E-state index contributed by atoms with van der Waals surface area (Å²) in [4.78, 5) is 2.35. The molecule has 0 aliphatic heterocycles. The largest absolute Gasteiger partial charge is 0.397 e. The first-order chi connectivity index (χ1) is 8.63. The summed E-state index contributed by atoms with van der Waals surface area (Å²) in [7, 11) is 1.72. The highest BCUT2D eigenvalue weighted by Crippen LogP contribution is 2.26. The molecule has 18 heavy (non-hydrogen) atoms. The number of ether oxygens (including phenoxy) is 1. The van der Waals surface area contributed by atoms with Gasteiger partial charge >= 0.3 is 0 Å². The maximum Gasteiger partial charge on any atom is 0.0637 e. The monoisotopic (exact) mass is 251 g/mol. The van der Waals surface area contributed by atoms with Gasteiger partial charge in [0.15, 0.2) is 0 Å². The van der Waals surface area contributed by atoms with E-state index >= 15 is 0 Å². The molecule has 0 spiro atoms. The van der Waals surface area contributed by atoms with E-state index < -0.39 is 0 Å². The number of anilines is 3. The molecule has 0 saturated carbocycles. The van der Waals surface area contributed by atoms with Crippen LogP contribution in [0.15, 0.2) is 18.2 Å². The molecule has 102 valence electrons. The maximum atomic E-state index is 5.89. The first-order valence-corrected chi connectivity index (χ1v) is 6.54. The molecular weight excluding hydrogens is 226 g/mol. The fourth-order valence-corrected chi connectivity index (χ4v) is 2.18. The van der Waals surface area contributed by atoms with Crippen LogP contribution in [0.3, 0.4) is 0 Å². The Balaban J connectivity index is 2.96. The topological polar surface area (TPSA) is 64.5 Å². The van der Waals surface area contributed by atoms with Crippen molar-refractivity contribution in [1.82, 2.24) is 0 Å². The fourth-order valence-electron chi connectivity index (χ4n) is 2.18. The number of nitrogens with zero attached hydrogens (tertiary/aromatic N) is 1. The van der Waals surface area contributed by atoms with E-state index in [1.54, 1.807) is 7.11 Å². The van der Waals surface area contributed by atoms with Crippen molar-refractivity contribution in [2.24, 2.45) is 0 Å². The molecule has 0 aromatic heterocycles. The average molecular weight is 251 g/mol. The van der Waals surface area contributed by atoms with Crippen LogP contribution in [-0.4, -0.2) is 26.3 Å². The lowest BCUT2D eigenvalue weighted by Crippen LogP contribution is -2.37. The Morgan fingerprint density at radius 2 is 1.83 bits per heavy atom. The lowest BCUT2D eigenvalue weighted by atomic mass is 10.1. The molecule has 1 rings (SSSR count). The number of benzene rings is 1. The molecule has 0 radical (unpaired) electrons. The molecule has 4 nitrogen and oxygen atoms in total. The molecule has 0 heterocycles. The summed E-state index contributed by atoms with van der Waals surface area (Å²) in [6.07, 6.45) is 2.20. The van der Waals surface area contributed by atoms with E-state index in [4.69, 9.17) is 16.2 Å². The van der Waals surface area contributed by atoms with Crippen LogP contribution in [-0.2, 0) is 4.74 Å². The second-order valence-corrected chi connectivity index (χ2v) is 4.47. The Morgan fingerprint density at radius 3 is 2.33 bits per heavy atom. The minimum atomic E-state index is 0.503. The van der Waals surface area contributed by atoms with Gasteiger partial charge < -0.3 is 21.1 Å². The van der Waals surface area contributed by atoms with E-state index in [9.17, 15) is 0 Å². The zero-order valence-electron chi connectivity index (χ0n) is 11.6. The van der Waals surface area contributed by atoms with Crippen molar-refractivity contribution in [2.45, 2.75) is 32.7 Å². The van der Waals surface area contributed by atoms with E-state index in [0.717, 1.165) is 25.1 Å². The molecule has 0 aliphatic rings. The first-order valence-electron chi connectivity index (χ1n) is 6.54. The van der Waals surface area contributed by atoms with Crippen LogP contribution < -0.4 is 16.4 Å². The fraction of sp³-hybridized carbons (Fsp3) is 0.571. The minimum absolute atomic E-state index is 0.503. The predicted molar refractivity (Wildman–Crippen MR) is 78.9 cm³/mol. The van der Waals surface area contributed by atoms with Crippen LogP contribution in [0.2, 0.25) is 0 Å². The van der Waals surface area contributed by atoms with Crippen molar-refractivity contribution < 1.29 is 4.74 Å². The number of nitrogen functional groups attached to an aromatic ring is 2. The van der Waals surface area contributed by atoms with Gasteiger partial charge in [-0.15, -0.1) is 0 Å². The first kappa shape index (κ1) is 14.6. The Hall–Kier alpha value is -1.42. The van der Waals surface area contributed by atoms with Gasteiger partial charge in [0.25, 0.3) is 0 Å². The Bertz CT molecular complexity index is 364. The summed E-state index contributed by atoms with van der Waals surface area (Å²) in [6, 6.07) is 6.35. The second-order valence-electron chi connectivity index (χ2n) is 4.47. The van der Waals surface area contributed by atoms with Crippen LogP contribution in [0.25, 0.3) is 0 Å². The summed E-state index contributed by atoms with van der Waals surface area (Å²) in [5.74, 6) is 0. The number of hydrogen-bond acceptors (Lipinski definition) is 4. The van der Waals surface area contributed by atoms with Crippen molar-refractivity contribution in [3.05, 3.63) is 18.2 Å². The molecule has 0 amide bonds. The highest BCUT2D eigenvalue weighted by molar-refractivity contribution is 5.70. The highest BCUT2D eigenvalue weighted by atomic mass is 16.5. The van der Waals surface area contributed by atoms with E-state index in [0.29, 0.717) is 24.0 Å².